The van der Waals surface area contributed by atoms with E-state index in [0.717, 1.165) is 0 Å². The van der Waals surface area contributed by atoms with Crippen LogP contribution in [0.1, 0.15) is 20.3 Å². The van der Waals surface area contributed by atoms with E-state index in [2.05, 4.69) is 0 Å². The monoisotopic (exact) mass is 232 g/mol. The minimum atomic E-state index is -0.932. The van der Waals surface area contributed by atoms with Crippen molar-refractivity contribution in [1.29, 1.82) is 0 Å². The summed E-state index contributed by atoms with van der Waals surface area (Å²) in [6.45, 7) is 3.94. The zero-order valence-corrected chi connectivity index (χ0v) is 9.97. The minimum Gasteiger partial charge on any atom is -0.481 e. The fourth-order valence-electron chi connectivity index (χ4n) is 1.30. The maximum Gasteiger partial charge on any atom is 0.305 e. The molecule has 0 radical (unpaired) electrons. The molecule has 0 saturated heterocycles. The number of amides is 1. The molecule has 0 aromatic carbocycles. The summed E-state index contributed by atoms with van der Waals surface area (Å²) in [6, 6.07) is -0.809. The topological polar surface area (TPSA) is 92.9 Å². The predicted octanol–water partition coefficient (Wildman–Crippen LogP) is -0.328. The van der Waals surface area contributed by atoms with Crippen molar-refractivity contribution in [3.8, 4) is 0 Å². The van der Waals surface area contributed by atoms with Gasteiger partial charge in [0.1, 0.15) is 6.04 Å². The third kappa shape index (κ3) is 5.09. The Bertz CT molecular complexity index is 243. The van der Waals surface area contributed by atoms with Crippen LogP contribution in [-0.2, 0) is 14.3 Å². The van der Waals surface area contributed by atoms with Crippen LogP contribution in [0.5, 0.6) is 0 Å². The molecule has 0 saturated carbocycles. The Balaban J connectivity index is 4.40. The number of hydrogen-bond donors (Lipinski definition) is 2. The quantitative estimate of drug-likeness (QED) is 0.627. The molecule has 0 spiro atoms. The molecule has 0 aliphatic carbocycles. The highest BCUT2D eigenvalue weighted by molar-refractivity contribution is 5.82. The van der Waals surface area contributed by atoms with E-state index in [1.807, 2.05) is 13.8 Å². The zero-order valence-electron chi connectivity index (χ0n) is 9.97. The Kier molecular flexibility index (Phi) is 6.67. The predicted molar refractivity (Wildman–Crippen MR) is 59.0 cm³/mol. The molecule has 0 aliphatic heterocycles. The lowest BCUT2D eigenvalue weighted by Crippen LogP contribution is -2.49. The van der Waals surface area contributed by atoms with Gasteiger partial charge in [0, 0.05) is 19.7 Å². The highest BCUT2D eigenvalue weighted by Gasteiger charge is 2.23. The number of aliphatic carboxylic acids is 1. The van der Waals surface area contributed by atoms with Gasteiger partial charge in [-0.15, -0.1) is 0 Å². The van der Waals surface area contributed by atoms with Crippen LogP contribution in [0, 0.1) is 0 Å². The van der Waals surface area contributed by atoms with Crippen molar-refractivity contribution >= 4 is 11.9 Å². The average molecular weight is 232 g/mol. The molecule has 3 N–H and O–H groups in total. The molecule has 16 heavy (non-hydrogen) atoms. The second-order valence-electron chi connectivity index (χ2n) is 3.83. The van der Waals surface area contributed by atoms with Gasteiger partial charge in [0.05, 0.1) is 13.0 Å². The van der Waals surface area contributed by atoms with Gasteiger partial charge in [0.2, 0.25) is 5.91 Å². The van der Waals surface area contributed by atoms with Crippen molar-refractivity contribution in [2.24, 2.45) is 5.73 Å². The van der Waals surface area contributed by atoms with Gasteiger partial charge in [-0.05, 0) is 13.8 Å². The Labute approximate surface area is 95.4 Å². The fourth-order valence-corrected chi connectivity index (χ4v) is 1.30. The van der Waals surface area contributed by atoms with Crippen molar-refractivity contribution in [2.75, 3.05) is 20.3 Å². The summed E-state index contributed by atoms with van der Waals surface area (Å²) in [6.07, 6.45) is -0.0797. The lowest BCUT2D eigenvalue weighted by Gasteiger charge is -2.28. The standard InChI is InChI=1S/C10H20N2O4/c1-7(2)12(5-4-9(13)14)10(15)8(11)6-16-3/h7-8H,4-6,11H2,1-3H3,(H,13,14). The molecule has 94 valence electrons. The molecule has 0 heterocycles. The van der Waals surface area contributed by atoms with Gasteiger partial charge in [0.15, 0.2) is 0 Å². The van der Waals surface area contributed by atoms with E-state index in [4.69, 9.17) is 15.6 Å². The normalized spacial score (nSPS) is 12.6. The molecule has 6 nitrogen and oxygen atoms in total. The summed E-state index contributed by atoms with van der Waals surface area (Å²) in [5.41, 5.74) is 5.61. The molecular formula is C10H20N2O4. The van der Waals surface area contributed by atoms with Crippen molar-refractivity contribution in [2.45, 2.75) is 32.4 Å². The van der Waals surface area contributed by atoms with Gasteiger partial charge in [0.25, 0.3) is 0 Å². The van der Waals surface area contributed by atoms with Crippen LogP contribution in [0.4, 0.5) is 0 Å². The van der Waals surface area contributed by atoms with Crippen molar-refractivity contribution in [3.63, 3.8) is 0 Å². The number of ether oxygens (including phenoxy) is 1. The number of rotatable bonds is 7. The van der Waals surface area contributed by atoms with Gasteiger partial charge in [-0.2, -0.15) is 0 Å². The molecule has 1 unspecified atom stereocenters. The number of nitrogens with zero attached hydrogens (tertiary/aromatic N) is 1. The number of carbonyl (C=O) groups is 2. The van der Waals surface area contributed by atoms with Gasteiger partial charge in [-0.3, -0.25) is 9.59 Å². The maximum atomic E-state index is 11.8. The van der Waals surface area contributed by atoms with E-state index in [1.54, 1.807) is 0 Å². The molecule has 0 rings (SSSR count). The lowest BCUT2D eigenvalue weighted by atomic mass is 10.2. The summed E-state index contributed by atoms with van der Waals surface area (Å²) < 4.78 is 4.79. The largest absolute Gasteiger partial charge is 0.481 e. The summed E-state index contributed by atoms with van der Waals surface area (Å²) in [4.78, 5) is 23.7. The first-order chi connectivity index (χ1) is 7.40. The van der Waals surface area contributed by atoms with E-state index >= 15 is 0 Å². The van der Waals surface area contributed by atoms with Crippen LogP contribution in [-0.4, -0.2) is 54.2 Å². The SMILES string of the molecule is COCC(N)C(=O)N(CCC(=O)O)C(C)C. The highest BCUT2D eigenvalue weighted by Crippen LogP contribution is 2.03. The second-order valence-corrected chi connectivity index (χ2v) is 3.83. The summed E-state index contributed by atoms with van der Waals surface area (Å²) in [5.74, 6) is -1.21. The second kappa shape index (κ2) is 7.19. The van der Waals surface area contributed by atoms with E-state index in [9.17, 15) is 9.59 Å². The van der Waals surface area contributed by atoms with Gasteiger partial charge in [-0.1, -0.05) is 0 Å². The highest BCUT2D eigenvalue weighted by atomic mass is 16.5. The van der Waals surface area contributed by atoms with E-state index in [-0.39, 0.29) is 31.5 Å². The summed E-state index contributed by atoms with van der Waals surface area (Å²) >= 11 is 0. The van der Waals surface area contributed by atoms with E-state index in [1.165, 1.54) is 12.0 Å². The molecule has 1 amide bonds. The van der Waals surface area contributed by atoms with Gasteiger partial charge >= 0.3 is 5.97 Å². The Morgan fingerprint density at radius 3 is 2.38 bits per heavy atom. The fraction of sp³-hybridized carbons (Fsp3) is 0.800. The Morgan fingerprint density at radius 2 is 2.00 bits per heavy atom. The number of methoxy groups -OCH3 is 1. The molecule has 0 fully saturated rings. The number of nitrogens with two attached hydrogens (primary N) is 1. The minimum absolute atomic E-state index is 0.0743. The molecule has 0 aromatic rings. The molecule has 1 atom stereocenters. The van der Waals surface area contributed by atoms with Crippen molar-refractivity contribution < 1.29 is 19.4 Å². The number of carboxylic acids is 1. The maximum absolute atomic E-state index is 11.8. The summed E-state index contributed by atoms with van der Waals surface area (Å²) in [7, 11) is 1.46. The number of hydrogen-bond acceptors (Lipinski definition) is 4. The van der Waals surface area contributed by atoms with Crippen LogP contribution >= 0.6 is 0 Å². The Hall–Kier alpha value is -1.14. The molecular weight excluding hydrogens is 212 g/mol. The van der Waals surface area contributed by atoms with E-state index < -0.39 is 12.0 Å². The van der Waals surface area contributed by atoms with Crippen LogP contribution in [0.25, 0.3) is 0 Å². The first kappa shape index (κ1) is 14.9. The molecule has 6 heteroatoms. The summed E-state index contributed by atoms with van der Waals surface area (Å²) in [5, 5.41) is 8.57. The van der Waals surface area contributed by atoms with Crippen molar-refractivity contribution in [3.05, 3.63) is 0 Å². The van der Waals surface area contributed by atoms with Crippen LogP contribution < -0.4 is 5.73 Å². The van der Waals surface area contributed by atoms with E-state index in [0.29, 0.717) is 0 Å². The number of carboxylic acid groups (broad SMARTS) is 1. The lowest BCUT2D eigenvalue weighted by molar-refractivity contribution is -0.140. The number of carbonyl (C=O) groups excluding carboxylic acids is 1. The molecule has 0 bridgehead atoms. The van der Waals surface area contributed by atoms with Crippen LogP contribution in [0.15, 0.2) is 0 Å². The smallest absolute Gasteiger partial charge is 0.305 e. The van der Waals surface area contributed by atoms with Gasteiger partial charge in [-0.25, -0.2) is 0 Å². The average Bonchev–Trinajstić information content (AvgIpc) is 2.17. The Morgan fingerprint density at radius 1 is 1.44 bits per heavy atom. The molecule has 0 aromatic heterocycles. The third-order valence-corrected chi connectivity index (χ3v) is 2.14. The van der Waals surface area contributed by atoms with Crippen LogP contribution in [0.3, 0.4) is 0 Å². The third-order valence-electron chi connectivity index (χ3n) is 2.14. The molecule has 0 aliphatic rings. The zero-order chi connectivity index (χ0) is 12.7. The van der Waals surface area contributed by atoms with Crippen molar-refractivity contribution in [1.82, 2.24) is 4.90 Å². The first-order valence-electron chi connectivity index (χ1n) is 5.17. The first-order valence-corrected chi connectivity index (χ1v) is 5.17. The van der Waals surface area contributed by atoms with Gasteiger partial charge < -0.3 is 20.5 Å². The van der Waals surface area contributed by atoms with Crippen LogP contribution in [0.2, 0.25) is 0 Å².